The van der Waals surface area contributed by atoms with Crippen LogP contribution in [0.2, 0.25) is 5.02 Å². The van der Waals surface area contributed by atoms with Crippen LogP contribution in [-0.4, -0.2) is 29.7 Å². The van der Waals surface area contributed by atoms with Crippen LogP contribution in [0.25, 0.3) is 0 Å². The Hall–Kier alpha value is -2.97. The zero-order valence-corrected chi connectivity index (χ0v) is 19.6. The third-order valence-electron chi connectivity index (χ3n) is 5.00. The van der Waals surface area contributed by atoms with Crippen molar-refractivity contribution in [2.45, 2.75) is 17.9 Å². The lowest BCUT2D eigenvalue weighted by Crippen LogP contribution is -2.34. The number of methoxy groups -OCH3 is 3. The zero-order valence-electron chi connectivity index (χ0n) is 18.0. The lowest BCUT2D eigenvalue weighted by Gasteiger charge is -2.32. The Balaban J connectivity index is 2.24. The summed E-state index contributed by atoms with van der Waals surface area (Å²) in [4.78, 5) is -0.533. The number of sulfonamides is 1. The average molecular weight is 480 g/mol. The predicted molar refractivity (Wildman–Crippen MR) is 122 cm³/mol. The molecule has 0 spiro atoms. The minimum absolute atomic E-state index is 0.103. The maximum absolute atomic E-state index is 14.7. The molecule has 1 atom stereocenters. The van der Waals surface area contributed by atoms with Crippen molar-refractivity contribution in [3.05, 3.63) is 77.1 Å². The molecule has 0 heterocycles. The molecule has 32 heavy (non-hydrogen) atoms. The Labute approximate surface area is 192 Å². The first-order valence-electron chi connectivity index (χ1n) is 9.58. The molecule has 3 rings (SSSR count). The first kappa shape index (κ1) is 23.7. The van der Waals surface area contributed by atoms with Crippen LogP contribution in [0, 0.1) is 5.82 Å². The maximum Gasteiger partial charge on any atom is 0.267 e. The normalized spacial score (nSPS) is 12.2. The number of hydrogen-bond acceptors (Lipinski definition) is 5. The van der Waals surface area contributed by atoms with Crippen molar-refractivity contribution in [3.8, 4) is 17.2 Å². The Bertz CT molecular complexity index is 1200. The smallest absolute Gasteiger partial charge is 0.267 e. The van der Waals surface area contributed by atoms with E-state index in [1.165, 1.54) is 27.4 Å². The summed E-state index contributed by atoms with van der Waals surface area (Å²) in [7, 11) is 0.123. The topological polar surface area (TPSA) is 65.1 Å². The molecule has 0 fully saturated rings. The molecule has 0 bridgehead atoms. The summed E-state index contributed by atoms with van der Waals surface area (Å²) in [6.07, 6.45) is 0. The highest BCUT2D eigenvalue weighted by molar-refractivity contribution is 7.92. The Morgan fingerprint density at radius 3 is 2.09 bits per heavy atom. The Morgan fingerprint density at radius 1 is 0.875 bits per heavy atom. The summed E-state index contributed by atoms with van der Waals surface area (Å²) < 4.78 is 59.2. The van der Waals surface area contributed by atoms with Crippen molar-refractivity contribution in [2.24, 2.45) is 0 Å². The number of nitrogens with zero attached hydrogens (tertiary/aromatic N) is 1. The van der Waals surface area contributed by atoms with E-state index < -0.39 is 26.8 Å². The third-order valence-corrected chi connectivity index (χ3v) is 7.14. The van der Waals surface area contributed by atoms with Crippen molar-refractivity contribution in [1.29, 1.82) is 0 Å². The maximum atomic E-state index is 14.7. The molecule has 3 aromatic carbocycles. The van der Waals surface area contributed by atoms with Gasteiger partial charge in [-0.1, -0.05) is 11.6 Å². The Morgan fingerprint density at radius 2 is 1.50 bits per heavy atom. The van der Waals surface area contributed by atoms with Crippen molar-refractivity contribution >= 4 is 27.3 Å². The summed E-state index contributed by atoms with van der Waals surface area (Å²) in [5.41, 5.74) is 0.844. The molecule has 3 aromatic rings. The van der Waals surface area contributed by atoms with Gasteiger partial charge in [0.05, 0.1) is 33.1 Å². The van der Waals surface area contributed by atoms with Gasteiger partial charge < -0.3 is 14.2 Å². The molecule has 0 radical (unpaired) electrons. The Kier molecular flexibility index (Phi) is 7.16. The van der Waals surface area contributed by atoms with E-state index in [0.29, 0.717) is 28.5 Å². The summed E-state index contributed by atoms with van der Waals surface area (Å²) in [5, 5.41) is 0.103. The summed E-state index contributed by atoms with van der Waals surface area (Å²) in [5.74, 6) is 0.622. The number of halogens is 2. The fourth-order valence-electron chi connectivity index (χ4n) is 3.37. The van der Waals surface area contributed by atoms with Gasteiger partial charge >= 0.3 is 0 Å². The zero-order chi connectivity index (χ0) is 23.5. The van der Waals surface area contributed by atoms with E-state index in [2.05, 4.69) is 0 Å². The number of rotatable bonds is 8. The lowest BCUT2D eigenvalue weighted by molar-refractivity contribution is 0.396. The molecule has 0 aliphatic rings. The molecule has 0 saturated carbocycles. The van der Waals surface area contributed by atoms with Crippen molar-refractivity contribution in [1.82, 2.24) is 0 Å². The molecule has 1 unspecified atom stereocenters. The molecule has 0 aromatic heterocycles. The van der Waals surface area contributed by atoms with E-state index in [1.54, 1.807) is 49.4 Å². The van der Waals surface area contributed by atoms with Crippen molar-refractivity contribution in [2.75, 3.05) is 25.6 Å². The first-order chi connectivity index (χ1) is 15.2. The minimum atomic E-state index is -4.38. The van der Waals surface area contributed by atoms with Crippen LogP contribution in [-0.2, 0) is 10.0 Å². The van der Waals surface area contributed by atoms with Crippen LogP contribution < -0.4 is 18.5 Å². The third kappa shape index (κ3) is 4.61. The highest BCUT2D eigenvalue weighted by Crippen LogP contribution is 2.39. The summed E-state index contributed by atoms with van der Waals surface area (Å²) >= 11 is 5.99. The monoisotopic (exact) mass is 479 g/mol. The van der Waals surface area contributed by atoms with E-state index in [1.807, 2.05) is 0 Å². The first-order valence-corrected chi connectivity index (χ1v) is 11.4. The lowest BCUT2D eigenvalue weighted by atomic mass is 10.1. The van der Waals surface area contributed by atoms with Crippen LogP contribution >= 0.6 is 11.6 Å². The van der Waals surface area contributed by atoms with Crippen LogP contribution in [0.15, 0.2) is 65.6 Å². The van der Waals surface area contributed by atoms with Gasteiger partial charge in [-0.15, -0.1) is 0 Å². The largest absolute Gasteiger partial charge is 0.497 e. The molecular weight excluding hydrogens is 457 g/mol. The van der Waals surface area contributed by atoms with Gasteiger partial charge in [-0.25, -0.2) is 12.8 Å². The highest BCUT2D eigenvalue weighted by Gasteiger charge is 2.34. The number of ether oxygens (including phenoxy) is 3. The molecule has 170 valence electrons. The molecule has 6 nitrogen and oxygen atoms in total. The second kappa shape index (κ2) is 9.67. The summed E-state index contributed by atoms with van der Waals surface area (Å²) in [6.45, 7) is 1.68. The van der Waals surface area contributed by atoms with Gasteiger partial charge in [0, 0.05) is 10.6 Å². The van der Waals surface area contributed by atoms with Gasteiger partial charge in [0.1, 0.15) is 28.0 Å². The van der Waals surface area contributed by atoms with E-state index >= 15 is 0 Å². The van der Waals surface area contributed by atoms with Crippen LogP contribution in [0.5, 0.6) is 17.2 Å². The van der Waals surface area contributed by atoms with Gasteiger partial charge in [0.25, 0.3) is 10.0 Å². The van der Waals surface area contributed by atoms with E-state index in [0.717, 1.165) is 16.4 Å². The van der Waals surface area contributed by atoms with Crippen LogP contribution in [0.3, 0.4) is 0 Å². The predicted octanol–water partition coefficient (Wildman–Crippen LogP) is 5.46. The van der Waals surface area contributed by atoms with Gasteiger partial charge in [-0.05, 0) is 67.6 Å². The minimum Gasteiger partial charge on any atom is -0.497 e. The molecule has 0 N–H and O–H groups in total. The second-order valence-electron chi connectivity index (χ2n) is 6.86. The quantitative estimate of drug-likeness (QED) is 0.429. The van der Waals surface area contributed by atoms with E-state index in [4.69, 9.17) is 25.8 Å². The average Bonchev–Trinajstić information content (AvgIpc) is 2.80. The SMILES string of the molecule is COc1ccc(N(C(C)c2cc(OC)ccc2OC)S(=O)(=O)c2cc(Cl)ccc2F)cc1. The summed E-state index contributed by atoms with van der Waals surface area (Å²) in [6, 6.07) is 14.1. The highest BCUT2D eigenvalue weighted by atomic mass is 35.5. The molecule has 0 aliphatic carbocycles. The van der Waals surface area contributed by atoms with Crippen LogP contribution in [0.1, 0.15) is 18.5 Å². The molecule has 0 aliphatic heterocycles. The number of anilines is 1. The number of hydrogen-bond donors (Lipinski definition) is 0. The standard InChI is InChI=1S/C23H23ClFNO5S/c1-15(20-14-19(30-3)10-12-22(20)31-4)26(17-6-8-18(29-2)9-7-17)32(27,28)23-13-16(24)5-11-21(23)25/h5-15H,1-4H3. The molecule has 0 saturated heterocycles. The fraction of sp³-hybridized carbons (Fsp3) is 0.217. The van der Waals surface area contributed by atoms with Gasteiger partial charge in [-0.2, -0.15) is 0 Å². The van der Waals surface area contributed by atoms with E-state index in [-0.39, 0.29) is 5.02 Å². The van der Waals surface area contributed by atoms with Gasteiger partial charge in [-0.3, -0.25) is 4.31 Å². The second-order valence-corrected chi connectivity index (χ2v) is 9.08. The van der Waals surface area contributed by atoms with Gasteiger partial charge in [0.15, 0.2) is 0 Å². The van der Waals surface area contributed by atoms with Crippen molar-refractivity contribution in [3.63, 3.8) is 0 Å². The molecule has 0 amide bonds. The van der Waals surface area contributed by atoms with Crippen molar-refractivity contribution < 1.29 is 27.0 Å². The molecule has 9 heteroatoms. The van der Waals surface area contributed by atoms with Crippen LogP contribution in [0.4, 0.5) is 10.1 Å². The van der Waals surface area contributed by atoms with E-state index in [9.17, 15) is 12.8 Å². The number of benzene rings is 3. The molecular formula is C23H23ClFNO5S. The fourth-order valence-corrected chi connectivity index (χ4v) is 5.34. The van der Waals surface area contributed by atoms with Gasteiger partial charge in [0.2, 0.25) is 0 Å².